The number of aliphatic hydroxyl groups excluding tert-OH is 1. The molecule has 0 amide bonds. The van der Waals surface area contributed by atoms with Crippen LogP contribution in [0.2, 0.25) is 0 Å². The number of rotatable bonds is 2. The van der Waals surface area contributed by atoms with E-state index in [-0.39, 0.29) is 19.4 Å². The topological polar surface area (TPSA) is 125 Å². The van der Waals surface area contributed by atoms with Gasteiger partial charge in [-0.1, -0.05) is 0 Å². The zero-order valence-electron chi connectivity index (χ0n) is 15.9. The highest BCUT2D eigenvalue weighted by Gasteiger charge is 2.30. The minimum absolute atomic E-state index is 0.154. The third kappa shape index (κ3) is 7.88. The van der Waals surface area contributed by atoms with Crippen molar-refractivity contribution in [1.29, 1.82) is 0 Å². The molecule has 0 spiro atoms. The van der Waals surface area contributed by atoms with Crippen LogP contribution in [0.3, 0.4) is 0 Å². The molecule has 0 bridgehead atoms. The second kappa shape index (κ2) is 10.8. The predicted octanol–water partition coefficient (Wildman–Crippen LogP) is 0.467. The summed E-state index contributed by atoms with van der Waals surface area (Å²) < 4.78 is 20.4. The lowest BCUT2D eigenvalue weighted by Crippen LogP contribution is -2.37. The van der Waals surface area contributed by atoms with Gasteiger partial charge < -0.3 is 24.1 Å². The molecule has 1 aliphatic rings. The lowest BCUT2D eigenvalue weighted by Gasteiger charge is -2.22. The van der Waals surface area contributed by atoms with E-state index in [0.29, 0.717) is 0 Å². The Hall–Kier alpha value is -2.26. The summed E-state index contributed by atoms with van der Waals surface area (Å²) in [7, 11) is 0. The van der Waals surface area contributed by atoms with Gasteiger partial charge in [0.1, 0.15) is 18.3 Å². The molecular formula is C18H26O9. The number of cyclic esters (lactones) is 3. The van der Waals surface area contributed by atoms with Gasteiger partial charge in [0, 0.05) is 19.1 Å². The molecule has 9 nitrogen and oxygen atoms in total. The first-order chi connectivity index (χ1) is 12.6. The molecule has 0 aromatic rings. The maximum Gasteiger partial charge on any atom is 0.336 e. The molecular weight excluding hydrogens is 360 g/mol. The van der Waals surface area contributed by atoms with Crippen molar-refractivity contribution < 1.29 is 43.2 Å². The van der Waals surface area contributed by atoms with Crippen LogP contribution in [-0.4, -0.2) is 65.9 Å². The number of esters is 3. The molecule has 1 N–H and O–H groups in total. The third-order valence-corrected chi connectivity index (χ3v) is 3.76. The summed E-state index contributed by atoms with van der Waals surface area (Å²) in [6, 6.07) is 0. The van der Waals surface area contributed by atoms with Crippen molar-refractivity contribution in [3.05, 3.63) is 12.2 Å². The molecule has 27 heavy (non-hydrogen) atoms. The minimum Gasteiger partial charge on any atom is -0.459 e. The Labute approximate surface area is 157 Å². The van der Waals surface area contributed by atoms with Gasteiger partial charge >= 0.3 is 17.9 Å². The van der Waals surface area contributed by atoms with Crippen LogP contribution in [0.5, 0.6) is 0 Å². The molecule has 1 heterocycles. The van der Waals surface area contributed by atoms with E-state index in [2.05, 4.69) is 0 Å². The molecule has 0 saturated heterocycles. The van der Waals surface area contributed by atoms with E-state index in [0.717, 1.165) is 12.2 Å². The number of hydrogen-bond donors (Lipinski definition) is 1. The van der Waals surface area contributed by atoms with Crippen LogP contribution in [0.25, 0.3) is 0 Å². The number of carbonyl (C=O) groups is 4. The van der Waals surface area contributed by atoms with E-state index in [9.17, 15) is 24.3 Å². The molecule has 0 aromatic heterocycles. The predicted molar refractivity (Wildman–Crippen MR) is 91.5 cm³/mol. The Bertz CT molecular complexity index is 583. The highest BCUT2D eigenvalue weighted by Crippen LogP contribution is 2.12. The summed E-state index contributed by atoms with van der Waals surface area (Å²) in [5, 5.41) is 9.99. The fraction of sp³-hybridized carbons (Fsp3) is 0.667. The maximum absolute atomic E-state index is 12.3. The molecule has 0 fully saturated rings. The Balaban J connectivity index is 3.02. The van der Waals surface area contributed by atoms with E-state index in [1.807, 2.05) is 0 Å². The molecule has 5 unspecified atom stereocenters. The van der Waals surface area contributed by atoms with Crippen LogP contribution in [0.4, 0.5) is 0 Å². The highest BCUT2D eigenvalue weighted by atomic mass is 16.6. The summed E-state index contributed by atoms with van der Waals surface area (Å²) in [5.41, 5.74) is 0. The first kappa shape index (κ1) is 22.8. The first-order valence-corrected chi connectivity index (χ1v) is 8.75. The molecule has 9 heteroatoms. The molecule has 0 saturated carbocycles. The van der Waals surface area contributed by atoms with Gasteiger partial charge in [-0.15, -0.1) is 0 Å². The lowest BCUT2D eigenvalue weighted by molar-refractivity contribution is -0.168. The van der Waals surface area contributed by atoms with Crippen LogP contribution < -0.4 is 0 Å². The summed E-state index contributed by atoms with van der Waals surface area (Å²) in [6.45, 7) is 6.10. The molecule has 0 aromatic carbocycles. The van der Waals surface area contributed by atoms with E-state index in [1.165, 1.54) is 20.8 Å². The Morgan fingerprint density at radius 2 is 1.74 bits per heavy atom. The summed E-state index contributed by atoms with van der Waals surface area (Å²) in [6.07, 6.45) is -3.84. The lowest BCUT2D eigenvalue weighted by atomic mass is 10.1. The van der Waals surface area contributed by atoms with Gasteiger partial charge in [-0.25, -0.2) is 9.59 Å². The van der Waals surface area contributed by atoms with E-state index < -0.39 is 54.2 Å². The number of carbonyl (C=O) groups excluding carboxylic acids is 4. The smallest absolute Gasteiger partial charge is 0.336 e. The van der Waals surface area contributed by atoms with Gasteiger partial charge in [-0.3, -0.25) is 9.59 Å². The van der Waals surface area contributed by atoms with Gasteiger partial charge in [0.15, 0.2) is 18.0 Å². The number of ether oxygens (including phenoxy) is 4. The van der Waals surface area contributed by atoms with E-state index in [1.54, 1.807) is 6.92 Å². The van der Waals surface area contributed by atoms with Crippen molar-refractivity contribution >= 4 is 23.7 Å². The van der Waals surface area contributed by atoms with Crippen molar-refractivity contribution in [2.45, 2.75) is 71.1 Å². The Morgan fingerprint density at radius 1 is 1.07 bits per heavy atom. The van der Waals surface area contributed by atoms with Gasteiger partial charge in [-0.2, -0.15) is 0 Å². The quantitative estimate of drug-likeness (QED) is 0.532. The third-order valence-electron chi connectivity index (χ3n) is 3.76. The summed E-state index contributed by atoms with van der Waals surface area (Å²) in [5.74, 6) is -2.87. The van der Waals surface area contributed by atoms with Crippen molar-refractivity contribution in [3.8, 4) is 0 Å². The standard InChI is InChI=1S/C18H26O9/c1-5-24-15-9-14(20)12(4)26-17(22)8-10(2)25-16(21)7-6-13(19)11(3)27-18(15)23/h6-7,10-13,15,19H,5,8-9H2,1-4H3. The van der Waals surface area contributed by atoms with Crippen LogP contribution in [-0.2, 0) is 38.1 Å². The minimum atomic E-state index is -1.27. The van der Waals surface area contributed by atoms with Crippen molar-refractivity contribution in [1.82, 2.24) is 0 Å². The van der Waals surface area contributed by atoms with Gasteiger partial charge in [0.2, 0.25) is 0 Å². The Kier molecular flexibility index (Phi) is 9.10. The van der Waals surface area contributed by atoms with E-state index >= 15 is 0 Å². The maximum atomic E-state index is 12.3. The van der Waals surface area contributed by atoms with Crippen LogP contribution in [0.1, 0.15) is 40.5 Å². The Morgan fingerprint density at radius 3 is 2.37 bits per heavy atom. The molecule has 0 aliphatic carbocycles. The van der Waals surface area contributed by atoms with Crippen molar-refractivity contribution in [3.63, 3.8) is 0 Å². The molecule has 0 radical (unpaired) electrons. The molecule has 1 aliphatic heterocycles. The average molecular weight is 386 g/mol. The summed E-state index contributed by atoms with van der Waals surface area (Å²) in [4.78, 5) is 48.1. The van der Waals surface area contributed by atoms with Crippen LogP contribution in [0.15, 0.2) is 12.2 Å². The zero-order valence-corrected chi connectivity index (χ0v) is 15.9. The number of ketones is 1. The van der Waals surface area contributed by atoms with Gasteiger partial charge in [-0.05, 0) is 33.8 Å². The highest BCUT2D eigenvalue weighted by molar-refractivity contribution is 5.90. The normalized spacial score (nSPS) is 31.8. The number of Topliss-reactive ketones (excluding diaryl/α,β-unsaturated/α-hetero) is 1. The number of aliphatic hydroxyl groups is 1. The van der Waals surface area contributed by atoms with E-state index in [4.69, 9.17) is 18.9 Å². The monoisotopic (exact) mass is 386 g/mol. The van der Waals surface area contributed by atoms with Gasteiger partial charge in [0.05, 0.1) is 6.42 Å². The zero-order chi connectivity index (χ0) is 20.6. The second-order valence-electron chi connectivity index (χ2n) is 6.19. The molecule has 152 valence electrons. The second-order valence-corrected chi connectivity index (χ2v) is 6.19. The first-order valence-electron chi connectivity index (χ1n) is 8.75. The van der Waals surface area contributed by atoms with Crippen molar-refractivity contribution in [2.75, 3.05) is 6.61 Å². The van der Waals surface area contributed by atoms with Crippen molar-refractivity contribution in [2.24, 2.45) is 0 Å². The van der Waals surface area contributed by atoms with Crippen LogP contribution in [0, 0.1) is 0 Å². The number of hydrogen-bond acceptors (Lipinski definition) is 9. The van der Waals surface area contributed by atoms with Gasteiger partial charge in [0.25, 0.3) is 0 Å². The molecule has 1 rings (SSSR count). The SMILES string of the molecule is CCOC1CC(=O)C(C)OC(=O)CC(C)OC(=O)C=CC(O)C(C)OC1=O. The molecule has 5 atom stereocenters. The fourth-order valence-corrected chi connectivity index (χ4v) is 2.25. The largest absolute Gasteiger partial charge is 0.459 e. The summed E-state index contributed by atoms with van der Waals surface area (Å²) >= 11 is 0. The van der Waals surface area contributed by atoms with Crippen LogP contribution >= 0.6 is 0 Å². The average Bonchev–Trinajstić information content (AvgIpc) is 2.57. The fourth-order valence-electron chi connectivity index (χ4n) is 2.25.